The van der Waals surface area contributed by atoms with Gasteiger partial charge >= 0.3 is 0 Å². The maximum Gasteiger partial charge on any atom is 0.246 e. The molecule has 1 saturated heterocycles. The van der Waals surface area contributed by atoms with E-state index >= 15 is 0 Å². The van der Waals surface area contributed by atoms with E-state index in [4.69, 9.17) is 17.3 Å². The second-order valence-electron chi connectivity index (χ2n) is 9.92. The molecule has 0 spiro atoms. The van der Waals surface area contributed by atoms with Gasteiger partial charge in [-0.25, -0.2) is 0 Å². The number of fused-ring (bicyclic) bond motifs is 1. The van der Waals surface area contributed by atoms with Crippen LogP contribution in [-0.4, -0.2) is 35.3 Å². The van der Waals surface area contributed by atoms with Gasteiger partial charge in [0, 0.05) is 18.0 Å². The van der Waals surface area contributed by atoms with E-state index in [1.54, 1.807) is 4.90 Å². The van der Waals surface area contributed by atoms with Crippen molar-refractivity contribution in [2.45, 2.75) is 44.3 Å². The van der Waals surface area contributed by atoms with Crippen molar-refractivity contribution in [3.8, 4) is 11.1 Å². The molecule has 6 heteroatoms. The van der Waals surface area contributed by atoms with Crippen LogP contribution in [0.2, 0.25) is 5.02 Å². The molecule has 1 aliphatic heterocycles. The smallest absolute Gasteiger partial charge is 0.246 e. The predicted octanol–water partition coefficient (Wildman–Crippen LogP) is 5.73. The van der Waals surface area contributed by atoms with Gasteiger partial charge in [-0.15, -0.1) is 0 Å². The Morgan fingerprint density at radius 1 is 0.789 bits per heavy atom. The number of nitrogens with two attached hydrogens (primary N) is 1. The molecule has 5 nitrogen and oxygen atoms in total. The summed E-state index contributed by atoms with van der Waals surface area (Å²) >= 11 is 6.13. The van der Waals surface area contributed by atoms with Crippen LogP contribution >= 0.6 is 11.6 Å². The van der Waals surface area contributed by atoms with Crippen molar-refractivity contribution in [3.63, 3.8) is 0 Å². The Labute approximate surface area is 228 Å². The highest BCUT2D eigenvalue weighted by molar-refractivity contribution is 6.31. The first-order valence-corrected chi connectivity index (χ1v) is 13.5. The zero-order valence-electron chi connectivity index (χ0n) is 21.3. The van der Waals surface area contributed by atoms with Gasteiger partial charge in [-0.1, -0.05) is 90.5 Å². The van der Waals surface area contributed by atoms with Crippen LogP contribution in [0.25, 0.3) is 21.9 Å². The van der Waals surface area contributed by atoms with Crippen molar-refractivity contribution < 1.29 is 9.59 Å². The van der Waals surface area contributed by atoms with Crippen molar-refractivity contribution in [1.29, 1.82) is 0 Å². The standard InChI is InChI=1S/C32H32ClN3O2/c33-28-16-15-26-18-23(11-14-27(26)20-28)19-29-32(38)36(30(31(37)35-29)8-4-5-17-34)21-22-9-12-25(13-10-22)24-6-2-1-3-7-24/h1-3,6-7,9-16,18,20,29-30H,4-5,8,17,19,21,34H2,(H,35,37)/t29-,30-/m0/s1. The number of hydrogen-bond acceptors (Lipinski definition) is 3. The lowest BCUT2D eigenvalue weighted by Gasteiger charge is -2.39. The topological polar surface area (TPSA) is 75.4 Å². The minimum atomic E-state index is -0.610. The molecule has 1 aliphatic rings. The van der Waals surface area contributed by atoms with E-state index in [-0.39, 0.29) is 11.8 Å². The lowest BCUT2D eigenvalue weighted by molar-refractivity contribution is -0.150. The van der Waals surface area contributed by atoms with Crippen LogP contribution in [0.15, 0.2) is 91.0 Å². The second-order valence-corrected chi connectivity index (χ2v) is 10.4. The van der Waals surface area contributed by atoms with Gasteiger partial charge in [0.2, 0.25) is 11.8 Å². The fourth-order valence-electron chi connectivity index (χ4n) is 5.18. The highest BCUT2D eigenvalue weighted by atomic mass is 35.5. The molecule has 194 valence electrons. The van der Waals surface area contributed by atoms with Crippen LogP contribution in [0, 0.1) is 0 Å². The zero-order chi connectivity index (χ0) is 26.5. The normalized spacial score (nSPS) is 17.6. The number of halogens is 1. The molecule has 1 heterocycles. The summed E-state index contributed by atoms with van der Waals surface area (Å²) in [5, 5.41) is 5.80. The lowest BCUT2D eigenvalue weighted by atomic mass is 9.95. The Morgan fingerprint density at radius 3 is 2.24 bits per heavy atom. The second kappa shape index (κ2) is 11.8. The van der Waals surface area contributed by atoms with E-state index < -0.39 is 12.1 Å². The number of rotatable bonds is 9. The molecule has 38 heavy (non-hydrogen) atoms. The fourth-order valence-corrected chi connectivity index (χ4v) is 5.36. The number of nitrogens with one attached hydrogen (secondary N) is 1. The molecular formula is C32H32ClN3O2. The Bertz CT molecular complexity index is 1420. The molecule has 2 amide bonds. The lowest BCUT2D eigenvalue weighted by Crippen LogP contribution is -2.63. The quantitative estimate of drug-likeness (QED) is 0.274. The maximum absolute atomic E-state index is 13.8. The number of carbonyl (C=O) groups is 2. The molecular weight excluding hydrogens is 494 g/mol. The number of nitrogens with zero attached hydrogens (tertiary/aromatic N) is 1. The summed E-state index contributed by atoms with van der Waals surface area (Å²) in [5.74, 6) is -0.147. The van der Waals surface area contributed by atoms with E-state index in [0.29, 0.717) is 31.0 Å². The van der Waals surface area contributed by atoms with Gasteiger partial charge in [0.15, 0.2) is 0 Å². The van der Waals surface area contributed by atoms with E-state index in [9.17, 15) is 9.59 Å². The van der Waals surface area contributed by atoms with Gasteiger partial charge in [0.1, 0.15) is 12.1 Å². The summed E-state index contributed by atoms with van der Waals surface area (Å²) < 4.78 is 0. The summed E-state index contributed by atoms with van der Waals surface area (Å²) in [6.07, 6.45) is 2.65. The number of unbranched alkanes of at least 4 members (excludes halogenated alkanes) is 1. The van der Waals surface area contributed by atoms with Crippen molar-refractivity contribution in [1.82, 2.24) is 10.2 Å². The molecule has 1 fully saturated rings. The van der Waals surface area contributed by atoms with Crippen LogP contribution in [0.4, 0.5) is 0 Å². The number of hydrogen-bond donors (Lipinski definition) is 2. The molecule has 0 bridgehead atoms. The van der Waals surface area contributed by atoms with Crippen LogP contribution in [0.3, 0.4) is 0 Å². The number of piperazine rings is 1. The van der Waals surface area contributed by atoms with Gasteiger partial charge in [0.05, 0.1) is 0 Å². The summed E-state index contributed by atoms with van der Waals surface area (Å²) in [6, 6.07) is 29.1. The first-order valence-electron chi connectivity index (χ1n) is 13.2. The minimum Gasteiger partial charge on any atom is -0.342 e. The third kappa shape index (κ3) is 5.90. The summed E-state index contributed by atoms with van der Waals surface area (Å²) in [7, 11) is 0. The Morgan fingerprint density at radius 2 is 1.47 bits per heavy atom. The fraction of sp³-hybridized carbons (Fsp3) is 0.250. The van der Waals surface area contributed by atoms with Crippen molar-refractivity contribution in [3.05, 3.63) is 107 Å². The van der Waals surface area contributed by atoms with Crippen LogP contribution in [0.1, 0.15) is 30.4 Å². The van der Waals surface area contributed by atoms with E-state index in [2.05, 4.69) is 35.6 Å². The van der Waals surface area contributed by atoms with E-state index in [1.165, 1.54) is 0 Å². The number of amides is 2. The first kappa shape index (κ1) is 26.0. The molecule has 0 radical (unpaired) electrons. The predicted molar refractivity (Wildman–Crippen MR) is 154 cm³/mol. The number of carbonyl (C=O) groups excluding carboxylic acids is 2. The maximum atomic E-state index is 13.8. The average molecular weight is 526 g/mol. The highest BCUT2D eigenvalue weighted by Gasteiger charge is 2.40. The molecule has 5 rings (SSSR count). The van der Waals surface area contributed by atoms with E-state index in [1.807, 2.05) is 60.7 Å². The Kier molecular flexibility index (Phi) is 8.06. The third-order valence-corrected chi connectivity index (χ3v) is 7.46. The molecule has 3 N–H and O–H groups in total. The van der Waals surface area contributed by atoms with Gasteiger partial charge in [0.25, 0.3) is 0 Å². The van der Waals surface area contributed by atoms with Gasteiger partial charge < -0.3 is 16.0 Å². The third-order valence-electron chi connectivity index (χ3n) is 7.23. The molecule has 0 saturated carbocycles. The number of benzene rings is 4. The van der Waals surface area contributed by atoms with Crippen LogP contribution in [-0.2, 0) is 22.6 Å². The van der Waals surface area contributed by atoms with Gasteiger partial charge in [-0.2, -0.15) is 0 Å². The van der Waals surface area contributed by atoms with E-state index in [0.717, 1.165) is 45.9 Å². The largest absolute Gasteiger partial charge is 0.342 e. The summed E-state index contributed by atoms with van der Waals surface area (Å²) in [5.41, 5.74) is 9.95. The van der Waals surface area contributed by atoms with Crippen LogP contribution < -0.4 is 11.1 Å². The van der Waals surface area contributed by atoms with Crippen LogP contribution in [0.5, 0.6) is 0 Å². The molecule has 0 unspecified atom stereocenters. The van der Waals surface area contributed by atoms with Crippen molar-refractivity contribution >= 4 is 34.2 Å². The summed E-state index contributed by atoms with van der Waals surface area (Å²) in [6.45, 7) is 0.959. The molecule has 4 aromatic carbocycles. The molecule has 4 aromatic rings. The Balaban J connectivity index is 1.36. The first-order chi connectivity index (χ1) is 18.5. The SMILES string of the molecule is NCCCC[C@H]1C(=O)N[C@@H](Cc2ccc3cc(Cl)ccc3c2)C(=O)N1Cc1ccc(-c2ccccc2)cc1. The molecule has 0 aromatic heterocycles. The van der Waals surface area contributed by atoms with Gasteiger partial charge in [-0.3, -0.25) is 9.59 Å². The zero-order valence-corrected chi connectivity index (χ0v) is 22.0. The molecule has 2 atom stereocenters. The highest BCUT2D eigenvalue weighted by Crippen LogP contribution is 2.25. The monoisotopic (exact) mass is 525 g/mol. The Hall–Kier alpha value is -3.67. The molecule has 0 aliphatic carbocycles. The minimum absolute atomic E-state index is 0.0503. The summed E-state index contributed by atoms with van der Waals surface area (Å²) in [4.78, 5) is 28.8. The average Bonchev–Trinajstić information content (AvgIpc) is 2.94. The van der Waals surface area contributed by atoms with Crippen molar-refractivity contribution in [2.24, 2.45) is 5.73 Å². The van der Waals surface area contributed by atoms with Crippen molar-refractivity contribution in [2.75, 3.05) is 6.54 Å². The van der Waals surface area contributed by atoms with Gasteiger partial charge in [-0.05, 0) is 71.0 Å².